The molecule has 0 radical (unpaired) electrons. The maximum atomic E-state index is 13.6. The molecule has 4 nitrogen and oxygen atoms in total. The number of likely N-dealkylation sites (tertiary alicyclic amines) is 1. The zero-order valence-corrected chi connectivity index (χ0v) is 19.2. The fourth-order valence-corrected chi connectivity index (χ4v) is 4.61. The van der Waals surface area contributed by atoms with Crippen molar-refractivity contribution in [3.8, 4) is 0 Å². The molecule has 1 saturated heterocycles. The molecular weight excluding hydrogens is 467 g/mol. The van der Waals surface area contributed by atoms with Crippen molar-refractivity contribution in [3.63, 3.8) is 0 Å². The van der Waals surface area contributed by atoms with Gasteiger partial charge >= 0.3 is 0 Å². The van der Waals surface area contributed by atoms with E-state index < -0.39 is 0 Å². The molecule has 160 valence electrons. The van der Waals surface area contributed by atoms with Crippen LogP contribution in [-0.2, 0) is 16.0 Å². The Bertz CT molecular complexity index is 855. The van der Waals surface area contributed by atoms with E-state index in [0.717, 1.165) is 15.1 Å². The number of nitrogens with one attached hydrogen (secondary N) is 1. The van der Waals surface area contributed by atoms with Gasteiger partial charge < -0.3 is 10.2 Å². The van der Waals surface area contributed by atoms with Gasteiger partial charge in [0.15, 0.2) is 0 Å². The zero-order valence-electron chi connectivity index (χ0n) is 16.8. The van der Waals surface area contributed by atoms with Crippen molar-refractivity contribution in [2.45, 2.75) is 30.6 Å². The van der Waals surface area contributed by atoms with Gasteiger partial charge in [-0.3, -0.25) is 9.59 Å². The van der Waals surface area contributed by atoms with Crippen molar-refractivity contribution >= 4 is 39.5 Å². The highest BCUT2D eigenvalue weighted by molar-refractivity contribution is 9.10. The number of carbonyl (C=O) groups is 2. The summed E-state index contributed by atoms with van der Waals surface area (Å²) in [7, 11) is 0. The Morgan fingerprint density at radius 2 is 1.80 bits per heavy atom. The van der Waals surface area contributed by atoms with Gasteiger partial charge in [-0.15, -0.1) is 11.8 Å². The van der Waals surface area contributed by atoms with Crippen LogP contribution in [0, 0.1) is 11.7 Å². The van der Waals surface area contributed by atoms with E-state index >= 15 is 0 Å². The third-order valence-electron chi connectivity index (χ3n) is 5.27. The van der Waals surface area contributed by atoms with Crippen LogP contribution in [0.5, 0.6) is 0 Å². The van der Waals surface area contributed by atoms with Crippen LogP contribution < -0.4 is 5.32 Å². The topological polar surface area (TPSA) is 49.4 Å². The van der Waals surface area contributed by atoms with E-state index in [0.29, 0.717) is 50.9 Å². The van der Waals surface area contributed by atoms with Crippen LogP contribution in [0.15, 0.2) is 57.9 Å². The predicted molar refractivity (Wildman–Crippen MR) is 122 cm³/mol. The van der Waals surface area contributed by atoms with E-state index in [1.54, 1.807) is 30.0 Å². The molecule has 2 aromatic rings. The molecule has 1 aliphatic heterocycles. The Hall–Kier alpha value is -1.86. The first-order valence-corrected chi connectivity index (χ1v) is 12.0. The number of hydrogen-bond acceptors (Lipinski definition) is 3. The van der Waals surface area contributed by atoms with E-state index in [4.69, 9.17) is 0 Å². The molecule has 2 amide bonds. The molecule has 1 aliphatic rings. The van der Waals surface area contributed by atoms with Crippen LogP contribution in [0.25, 0.3) is 0 Å². The second-order valence-electron chi connectivity index (χ2n) is 7.34. The van der Waals surface area contributed by atoms with Gasteiger partial charge in [0.2, 0.25) is 11.8 Å². The minimum absolute atomic E-state index is 0.00392. The molecule has 7 heteroatoms. The van der Waals surface area contributed by atoms with E-state index in [1.165, 1.54) is 6.07 Å². The Labute approximate surface area is 189 Å². The minimum atomic E-state index is -0.239. The van der Waals surface area contributed by atoms with Crippen molar-refractivity contribution in [2.24, 2.45) is 5.92 Å². The molecule has 1 heterocycles. The van der Waals surface area contributed by atoms with Crippen molar-refractivity contribution in [2.75, 3.05) is 25.4 Å². The van der Waals surface area contributed by atoms with Gasteiger partial charge in [0.1, 0.15) is 5.82 Å². The Kier molecular flexibility index (Phi) is 8.75. The average molecular weight is 493 g/mol. The van der Waals surface area contributed by atoms with E-state index in [1.807, 2.05) is 29.2 Å². The minimum Gasteiger partial charge on any atom is -0.356 e. The van der Waals surface area contributed by atoms with Crippen molar-refractivity contribution in [1.82, 2.24) is 10.2 Å². The SMILES string of the molecule is O=C(NCCc1ccccc1F)C1CCN(C(=O)CCSc2ccc(Br)cc2)CC1. The molecule has 1 N–H and O–H groups in total. The summed E-state index contributed by atoms with van der Waals surface area (Å²) in [5.41, 5.74) is 0.610. The number of piperidine rings is 1. The number of carbonyl (C=O) groups excluding carboxylic acids is 2. The van der Waals surface area contributed by atoms with Crippen LogP contribution in [0.1, 0.15) is 24.8 Å². The fourth-order valence-electron chi connectivity index (χ4n) is 3.50. The highest BCUT2D eigenvalue weighted by Gasteiger charge is 2.26. The average Bonchev–Trinajstić information content (AvgIpc) is 2.76. The lowest BCUT2D eigenvalue weighted by Crippen LogP contribution is -2.43. The summed E-state index contributed by atoms with van der Waals surface area (Å²) in [6.45, 7) is 1.66. The Morgan fingerprint density at radius 1 is 1.10 bits per heavy atom. The first-order chi connectivity index (χ1) is 14.5. The molecular formula is C23H26BrFN2O2S. The predicted octanol–water partition coefficient (Wildman–Crippen LogP) is 4.67. The number of hydrogen-bond donors (Lipinski definition) is 1. The second-order valence-corrected chi connectivity index (χ2v) is 9.42. The number of rotatable bonds is 8. The number of halogens is 2. The fraction of sp³-hybridized carbons (Fsp3) is 0.391. The molecule has 2 aromatic carbocycles. The van der Waals surface area contributed by atoms with Crippen LogP contribution >= 0.6 is 27.7 Å². The van der Waals surface area contributed by atoms with Gasteiger partial charge in [-0.25, -0.2) is 4.39 Å². The first-order valence-electron chi connectivity index (χ1n) is 10.2. The van der Waals surface area contributed by atoms with Crippen LogP contribution in [0.4, 0.5) is 4.39 Å². The standard InChI is InChI=1S/C23H26BrFN2O2S/c24-19-5-7-20(8-6-19)30-16-12-22(28)27-14-10-18(11-15-27)23(29)26-13-9-17-3-1-2-4-21(17)25/h1-8,18H,9-16H2,(H,26,29). The number of benzene rings is 2. The smallest absolute Gasteiger partial charge is 0.223 e. The van der Waals surface area contributed by atoms with Gasteiger partial charge in [0.05, 0.1) is 0 Å². The summed E-state index contributed by atoms with van der Waals surface area (Å²) in [6.07, 6.45) is 2.33. The number of thioether (sulfide) groups is 1. The maximum absolute atomic E-state index is 13.6. The lowest BCUT2D eigenvalue weighted by molar-refractivity contribution is -0.135. The van der Waals surface area contributed by atoms with Gasteiger partial charge in [-0.05, 0) is 55.2 Å². The Balaban J connectivity index is 1.33. The summed E-state index contributed by atoms with van der Waals surface area (Å²) in [6, 6.07) is 14.7. The molecule has 0 unspecified atom stereocenters. The summed E-state index contributed by atoms with van der Waals surface area (Å²) >= 11 is 5.09. The molecule has 0 aromatic heterocycles. The van der Waals surface area contributed by atoms with Gasteiger partial charge in [0.25, 0.3) is 0 Å². The second kappa shape index (κ2) is 11.5. The van der Waals surface area contributed by atoms with Crippen molar-refractivity contribution in [3.05, 3.63) is 64.4 Å². The molecule has 3 rings (SSSR count). The molecule has 0 saturated carbocycles. The van der Waals surface area contributed by atoms with Crippen molar-refractivity contribution in [1.29, 1.82) is 0 Å². The van der Waals surface area contributed by atoms with Gasteiger partial charge in [-0.1, -0.05) is 34.1 Å². The highest BCUT2D eigenvalue weighted by atomic mass is 79.9. The molecule has 1 fully saturated rings. The van der Waals surface area contributed by atoms with Gasteiger partial charge in [-0.2, -0.15) is 0 Å². The normalized spacial score (nSPS) is 14.5. The third-order valence-corrected chi connectivity index (χ3v) is 6.81. The highest BCUT2D eigenvalue weighted by Crippen LogP contribution is 2.23. The van der Waals surface area contributed by atoms with E-state index in [2.05, 4.69) is 21.2 Å². The van der Waals surface area contributed by atoms with Crippen molar-refractivity contribution < 1.29 is 14.0 Å². The van der Waals surface area contributed by atoms with E-state index in [-0.39, 0.29) is 23.5 Å². The number of nitrogens with zero attached hydrogens (tertiary/aromatic N) is 1. The van der Waals surface area contributed by atoms with Crippen LogP contribution in [0.3, 0.4) is 0 Å². The number of amides is 2. The molecule has 0 spiro atoms. The lowest BCUT2D eigenvalue weighted by atomic mass is 9.95. The Morgan fingerprint density at radius 3 is 2.50 bits per heavy atom. The molecule has 0 atom stereocenters. The third kappa shape index (κ3) is 6.84. The summed E-state index contributed by atoms with van der Waals surface area (Å²) in [5.74, 6) is 0.586. The lowest BCUT2D eigenvalue weighted by Gasteiger charge is -2.31. The van der Waals surface area contributed by atoms with E-state index in [9.17, 15) is 14.0 Å². The quantitative estimate of drug-likeness (QED) is 0.544. The van der Waals surface area contributed by atoms with Crippen LogP contribution in [0.2, 0.25) is 0 Å². The van der Waals surface area contributed by atoms with Gasteiger partial charge in [0, 0.05) is 47.1 Å². The largest absolute Gasteiger partial charge is 0.356 e. The van der Waals surface area contributed by atoms with Crippen LogP contribution in [-0.4, -0.2) is 42.1 Å². The summed E-state index contributed by atoms with van der Waals surface area (Å²) in [5, 5.41) is 2.91. The molecule has 0 bridgehead atoms. The summed E-state index contributed by atoms with van der Waals surface area (Å²) < 4.78 is 14.7. The molecule has 30 heavy (non-hydrogen) atoms. The molecule has 0 aliphatic carbocycles. The first kappa shape index (κ1) is 22.8. The zero-order chi connectivity index (χ0) is 21.3. The maximum Gasteiger partial charge on any atom is 0.223 e. The summed E-state index contributed by atoms with van der Waals surface area (Å²) in [4.78, 5) is 27.9. The monoisotopic (exact) mass is 492 g/mol.